The number of rotatable bonds is 4. The molecule has 32 heavy (non-hydrogen) atoms. The Balaban J connectivity index is 0.000000769. The first-order valence-electron chi connectivity index (χ1n) is 10.1. The minimum Gasteiger partial charge on any atom is -0.317 e. The molecule has 0 spiro atoms. The molecule has 0 saturated heterocycles. The van der Waals surface area contributed by atoms with Crippen molar-refractivity contribution >= 4 is 23.2 Å². The monoisotopic (exact) mass is 455 g/mol. The second kappa shape index (κ2) is 13.7. The molecule has 1 amide bonds. The number of allylic oxidation sites excluding steroid dienone is 2. The maximum Gasteiger partial charge on any atom is 0.295 e. The van der Waals surface area contributed by atoms with Crippen molar-refractivity contribution in [1.29, 1.82) is 5.26 Å². The summed E-state index contributed by atoms with van der Waals surface area (Å²) in [6.45, 7) is 9.86. The lowest BCUT2D eigenvalue weighted by molar-refractivity contribution is 0.101. The van der Waals surface area contributed by atoms with Crippen LogP contribution in [0.25, 0.3) is 0 Å². The minimum atomic E-state index is -0.719. The van der Waals surface area contributed by atoms with Crippen LogP contribution in [0.5, 0.6) is 0 Å². The molecule has 1 unspecified atom stereocenters. The zero-order valence-corrected chi connectivity index (χ0v) is 19.6. The van der Waals surface area contributed by atoms with E-state index in [0.717, 1.165) is 5.56 Å². The summed E-state index contributed by atoms with van der Waals surface area (Å²) in [5, 5.41) is 15.4. The molecule has 1 aromatic heterocycles. The molecule has 0 bridgehead atoms. The summed E-state index contributed by atoms with van der Waals surface area (Å²) >= 11 is 5.70. The van der Waals surface area contributed by atoms with Crippen LogP contribution < -0.4 is 5.32 Å². The lowest BCUT2D eigenvalue weighted by atomic mass is 10.1. The number of benzene rings is 2. The van der Waals surface area contributed by atoms with E-state index in [0.29, 0.717) is 5.56 Å². The molecule has 8 heteroatoms. The van der Waals surface area contributed by atoms with Gasteiger partial charge in [-0.3, -0.25) is 4.79 Å². The van der Waals surface area contributed by atoms with Crippen molar-refractivity contribution in [2.45, 2.75) is 40.7 Å². The lowest BCUT2D eigenvalue weighted by Crippen LogP contribution is -2.16. The maximum absolute atomic E-state index is 13.9. The molecule has 0 aliphatic carbocycles. The molecular formula is C24H27ClFN5O. The minimum absolute atomic E-state index is 0.0476. The van der Waals surface area contributed by atoms with Crippen LogP contribution in [-0.2, 0) is 0 Å². The molecular weight excluding hydrogens is 429 g/mol. The Morgan fingerprint density at radius 2 is 1.88 bits per heavy atom. The number of amides is 1. The summed E-state index contributed by atoms with van der Waals surface area (Å²) in [7, 11) is 0. The number of hydrogen-bond acceptors (Lipinski definition) is 4. The summed E-state index contributed by atoms with van der Waals surface area (Å²) in [5.41, 5.74) is 1.33. The van der Waals surface area contributed by atoms with Gasteiger partial charge in [0.15, 0.2) is 5.82 Å². The van der Waals surface area contributed by atoms with E-state index >= 15 is 0 Å². The molecule has 0 aliphatic heterocycles. The van der Waals surface area contributed by atoms with Crippen molar-refractivity contribution in [3.63, 3.8) is 0 Å². The maximum atomic E-state index is 13.9. The number of aromatic nitrogens is 3. The summed E-state index contributed by atoms with van der Waals surface area (Å²) in [5.74, 6) is -1.47. The van der Waals surface area contributed by atoms with Crippen LogP contribution in [0.15, 0.2) is 60.9 Å². The van der Waals surface area contributed by atoms with E-state index in [1.807, 2.05) is 52.8 Å². The van der Waals surface area contributed by atoms with Gasteiger partial charge in [-0.2, -0.15) is 5.26 Å². The molecule has 6 nitrogen and oxygen atoms in total. The van der Waals surface area contributed by atoms with Crippen LogP contribution in [0.4, 0.5) is 10.1 Å². The first-order valence-corrected chi connectivity index (χ1v) is 10.5. The van der Waals surface area contributed by atoms with Crippen LogP contribution in [0.1, 0.15) is 62.4 Å². The Labute approximate surface area is 193 Å². The zero-order valence-electron chi connectivity index (χ0n) is 18.8. The normalized spacial score (nSPS) is 10.8. The molecule has 3 aromatic rings. The molecule has 1 N–H and O–H groups in total. The molecule has 0 aliphatic rings. The Bertz CT molecular complexity index is 1080. The molecule has 1 atom stereocenters. The van der Waals surface area contributed by atoms with Gasteiger partial charge in [0, 0.05) is 0 Å². The molecule has 0 saturated carbocycles. The lowest BCUT2D eigenvalue weighted by Gasteiger charge is -2.11. The fourth-order valence-corrected chi connectivity index (χ4v) is 2.54. The Hall–Kier alpha value is -3.50. The number of nitriles is 1. The topological polar surface area (TPSA) is 83.6 Å². The second-order valence-corrected chi connectivity index (χ2v) is 6.59. The summed E-state index contributed by atoms with van der Waals surface area (Å²) in [6.07, 6.45) is 5.41. The SMILES string of the molecule is C/C=C\C.CC.CC(c1cccc(C#N)c1)n1cnc(C(=O)Nc2cccc(Cl)c2F)n1. The molecule has 168 valence electrons. The van der Waals surface area contributed by atoms with Gasteiger partial charge in [-0.25, -0.2) is 14.1 Å². The van der Waals surface area contributed by atoms with E-state index < -0.39 is 11.7 Å². The number of nitrogens with one attached hydrogen (secondary N) is 1. The van der Waals surface area contributed by atoms with Crippen LogP contribution >= 0.6 is 11.6 Å². The van der Waals surface area contributed by atoms with Gasteiger partial charge in [-0.05, 0) is 50.6 Å². The summed E-state index contributed by atoms with van der Waals surface area (Å²) < 4.78 is 15.4. The highest BCUT2D eigenvalue weighted by Crippen LogP contribution is 2.22. The zero-order chi connectivity index (χ0) is 24.1. The van der Waals surface area contributed by atoms with E-state index in [1.165, 1.54) is 29.2 Å². The smallest absolute Gasteiger partial charge is 0.295 e. The van der Waals surface area contributed by atoms with Gasteiger partial charge in [0.25, 0.3) is 5.91 Å². The third-order valence-corrected chi connectivity index (χ3v) is 4.43. The van der Waals surface area contributed by atoms with Gasteiger partial charge < -0.3 is 5.32 Å². The first-order chi connectivity index (χ1) is 15.4. The number of nitrogens with zero attached hydrogens (tertiary/aromatic N) is 4. The summed E-state index contributed by atoms with van der Waals surface area (Å²) in [6, 6.07) is 13.2. The van der Waals surface area contributed by atoms with Crippen LogP contribution in [0.3, 0.4) is 0 Å². The largest absolute Gasteiger partial charge is 0.317 e. The highest BCUT2D eigenvalue weighted by atomic mass is 35.5. The molecule has 1 heterocycles. The fraction of sp³-hybridized carbons (Fsp3) is 0.250. The standard InChI is InChI=1S/C18H13ClFN5O.C4H8.C2H6/c1-11(13-5-2-4-12(8-13)9-21)25-10-22-17(24-25)18(26)23-15-7-3-6-14(19)16(15)20;1-3-4-2;1-2/h2-8,10-11H,1H3,(H,23,26);3-4H,1-2H3;1-2H3/b;4-3-;. The third kappa shape index (κ3) is 7.33. The van der Waals surface area contributed by atoms with Crippen molar-refractivity contribution in [2.24, 2.45) is 0 Å². The molecule has 0 fully saturated rings. The number of carbonyl (C=O) groups excluding carboxylic acids is 1. The van der Waals surface area contributed by atoms with Crippen LogP contribution in [-0.4, -0.2) is 20.7 Å². The molecule has 3 rings (SSSR count). The van der Waals surface area contributed by atoms with Crippen molar-refractivity contribution in [3.05, 3.63) is 88.7 Å². The number of anilines is 1. The quantitative estimate of drug-likeness (QED) is 0.460. The fourth-order valence-electron chi connectivity index (χ4n) is 2.36. The van der Waals surface area contributed by atoms with E-state index in [-0.39, 0.29) is 22.6 Å². The van der Waals surface area contributed by atoms with Crippen molar-refractivity contribution in [1.82, 2.24) is 14.8 Å². The highest BCUT2D eigenvalue weighted by Gasteiger charge is 2.17. The predicted molar refractivity (Wildman–Crippen MR) is 126 cm³/mol. The van der Waals surface area contributed by atoms with Crippen molar-refractivity contribution in [2.75, 3.05) is 5.32 Å². The van der Waals surface area contributed by atoms with Gasteiger partial charge in [-0.1, -0.05) is 55.8 Å². The van der Waals surface area contributed by atoms with E-state index in [9.17, 15) is 9.18 Å². The third-order valence-electron chi connectivity index (χ3n) is 4.14. The number of halogens is 2. The van der Waals surface area contributed by atoms with Gasteiger partial charge in [-0.15, -0.1) is 5.10 Å². The van der Waals surface area contributed by atoms with Gasteiger partial charge in [0.05, 0.1) is 28.4 Å². The van der Waals surface area contributed by atoms with Crippen molar-refractivity contribution in [3.8, 4) is 6.07 Å². The van der Waals surface area contributed by atoms with E-state index in [1.54, 1.807) is 18.2 Å². The molecule has 0 radical (unpaired) electrons. The summed E-state index contributed by atoms with van der Waals surface area (Å²) in [4.78, 5) is 16.2. The second-order valence-electron chi connectivity index (χ2n) is 6.18. The van der Waals surface area contributed by atoms with Crippen LogP contribution in [0.2, 0.25) is 5.02 Å². The Morgan fingerprint density at radius 3 is 2.50 bits per heavy atom. The first kappa shape index (κ1) is 26.5. The van der Waals surface area contributed by atoms with E-state index in [2.05, 4.69) is 21.5 Å². The van der Waals surface area contributed by atoms with Gasteiger partial charge in [0.2, 0.25) is 5.82 Å². The Morgan fingerprint density at radius 1 is 1.22 bits per heavy atom. The highest BCUT2D eigenvalue weighted by molar-refractivity contribution is 6.31. The average Bonchev–Trinajstić information content (AvgIpc) is 3.33. The van der Waals surface area contributed by atoms with Gasteiger partial charge in [0.1, 0.15) is 6.33 Å². The number of hydrogen-bond donors (Lipinski definition) is 1. The number of carbonyl (C=O) groups is 1. The van der Waals surface area contributed by atoms with E-state index in [4.69, 9.17) is 16.9 Å². The molecule has 2 aromatic carbocycles. The van der Waals surface area contributed by atoms with Gasteiger partial charge >= 0.3 is 0 Å². The predicted octanol–water partition coefficient (Wildman–Crippen LogP) is 6.41. The Kier molecular flexibility index (Phi) is 11.4. The van der Waals surface area contributed by atoms with Crippen LogP contribution in [0, 0.1) is 17.1 Å². The van der Waals surface area contributed by atoms with Crippen molar-refractivity contribution < 1.29 is 9.18 Å². The average molecular weight is 456 g/mol.